The zero-order chi connectivity index (χ0) is 19.3. The summed E-state index contributed by atoms with van der Waals surface area (Å²) in [5.41, 5.74) is 4.51. The number of fused-ring (bicyclic) bond motifs is 1. The second kappa shape index (κ2) is 8.48. The second-order valence-electron chi connectivity index (χ2n) is 6.95. The van der Waals surface area contributed by atoms with Gasteiger partial charge in [0, 0.05) is 24.4 Å². The third kappa shape index (κ3) is 4.20. The number of nitrogens with zero attached hydrogens (tertiary/aromatic N) is 1. The Hall–Kier alpha value is -2.79. The highest BCUT2D eigenvalue weighted by atomic mass is 32.1. The van der Waals surface area contributed by atoms with Crippen LogP contribution >= 0.6 is 11.3 Å². The fraction of sp³-hybridized carbons (Fsp3) is 0.261. The average molecular weight is 393 g/mol. The van der Waals surface area contributed by atoms with Crippen LogP contribution in [-0.4, -0.2) is 19.6 Å². The molecule has 0 saturated heterocycles. The summed E-state index contributed by atoms with van der Waals surface area (Å²) in [4.78, 5) is 16.4. The number of benzene rings is 2. The predicted molar refractivity (Wildman–Crippen MR) is 115 cm³/mol. The number of carbonyl (C=O) groups excluding carboxylic acids is 1. The lowest BCUT2D eigenvalue weighted by Crippen LogP contribution is -2.30. The summed E-state index contributed by atoms with van der Waals surface area (Å²) in [5.74, 6) is 0.869. The molecule has 0 fully saturated rings. The molecule has 4 nitrogen and oxygen atoms in total. The normalized spacial score (nSPS) is 13.1. The van der Waals surface area contributed by atoms with Crippen molar-refractivity contribution < 1.29 is 9.53 Å². The van der Waals surface area contributed by atoms with Crippen molar-refractivity contribution in [3.63, 3.8) is 0 Å². The smallest absolute Gasteiger partial charge is 0.224 e. The van der Waals surface area contributed by atoms with Crippen LogP contribution in [0.4, 0.5) is 11.4 Å². The Kier molecular flexibility index (Phi) is 5.63. The van der Waals surface area contributed by atoms with E-state index in [2.05, 4.69) is 27.7 Å². The Morgan fingerprint density at radius 2 is 1.96 bits per heavy atom. The molecule has 1 N–H and O–H groups in total. The first-order valence-corrected chi connectivity index (χ1v) is 10.4. The Morgan fingerprint density at radius 1 is 1.14 bits per heavy atom. The van der Waals surface area contributed by atoms with Crippen molar-refractivity contribution in [2.24, 2.45) is 0 Å². The van der Waals surface area contributed by atoms with E-state index in [1.165, 1.54) is 10.4 Å². The first-order valence-electron chi connectivity index (χ1n) is 9.55. The number of hydrogen-bond acceptors (Lipinski definition) is 4. The molecule has 3 aromatic rings. The topological polar surface area (TPSA) is 41.6 Å². The third-order valence-electron chi connectivity index (χ3n) is 5.13. The highest BCUT2D eigenvalue weighted by Gasteiger charge is 2.20. The zero-order valence-corrected chi connectivity index (χ0v) is 16.8. The Labute approximate surface area is 169 Å². The monoisotopic (exact) mass is 392 g/mol. The lowest BCUT2D eigenvalue weighted by molar-refractivity contribution is -0.116. The molecule has 1 aliphatic rings. The van der Waals surface area contributed by atoms with Crippen molar-refractivity contribution in [1.29, 1.82) is 0 Å². The van der Waals surface area contributed by atoms with Gasteiger partial charge in [-0.3, -0.25) is 4.79 Å². The van der Waals surface area contributed by atoms with Crippen LogP contribution in [-0.2, 0) is 24.2 Å². The van der Waals surface area contributed by atoms with E-state index >= 15 is 0 Å². The number of para-hydroxylation sites is 2. The van der Waals surface area contributed by atoms with Gasteiger partial charge in [0.2, 0.25) is 5.91 Å². The molecule has 28 heavy (non-hydrogen) atoms. The quantitative estimate of drug-likeness (QED) is 0.649. The number of amides is 1. The molecule has 0 unspecified atom stereocenters. The first-order chi connectivity index (χ1) is 13.7. The van der Waals surface area contributed by atoms with E-state index in [0.29, 0.717) is 12.8 Å². The number of nitrogens with one attached hydrogen (secondary N) is 1. The van der Waals surface area contributed by atoms with Gasteiger partial charge in [0.15, 0.2) is 0 Å². The highest BCUT2D eigenvalue weighted by molar-refractivity contribution is 7.10. The third-order valence-corrected chi connectivity index (χ3v) is 6.15. The summed E-state index contributed by atoms with van der Waals surface area (Å²) < 4.78 is 5.18. The number of thiophene rings is 1. The number of aryl methyl sites for hydroxylation is 1. The maximum Gasteiger partial charge on any atom is 0.224 e. The number of carbonyl (C=O) groups is 1. The van der Waals surface area contributed by atoms with Crippen LogP contribution in [0.25, 0.3) is 0 Å². The molecule has 0 atom stereocenters. The van der Waals surface area contributed by atoms with Gasteiger partial charge < -0.3 is 15.0 Å². The fourth-order valence-corrected chi connectivity index (χ4v) is 4.46. The predicted octanol–water partition coefficient (Wildman–Crippen LogP) is 4.89. The molecule has 4 rings (SSSR count). The van der Waals surface area contributed by atoms with E-state index in [-0.39, 0.29) is 5.91 Å². The molecule has 144 valence electrons. The molecule has 0 aliphatic carbocycles. The van der Waals surface area contributed by atoms with Gasteiger partial charge in [-0.15, -0.1) is 11.3 Å². The van der Waals surface area contributed by atoms with Gasteiger partial charge in [-0.05, 0) is 59.7 Å². The maximum atomic E-state index is 12.5. The molecule has 2 aromatic carbocycles. The molecule has 0 radical (unpaired) electrons. The molecule has 5 heteroatoms. The summed E-state index contributed by atoms with van der Waals surface area (Å²) in [6, 6.07) is 18.2. The molecule has 0 spiro atoms. The Morgan fingerprint density at radius 3 is 2.79 bits per heavy atom. The minimum Gasteiger partial charge on any atom is -0.497 e. The number of hydrogen-bond donors (Lipinski definition) is 1. The van der Waals surface area contributed by atoms with Crippen molar-refractivity contribution in [1.82, 2.24) is 0 Å². The van der Waals surface area contributed by atoms with E-state index < -0.39 is 0 Å². The van der Waals surface area contributed by atoms with Gasteiger partial charge in [0.25, 0.3) is 0 Å². The SMILES string of the molecule is COc1ccc(CCC(=O)Nc2ccccc2N2CCc3sccc3C2)cc1. The van der Waals surface area contributed by atoms with Gasteiger partial charge in [-0.25, -0.2) is 0 Å². The van der Waals surface area contributed by atoms with Gasteiger partial charge in [-0.2, -0.15) is 0 Å². The molecule has 0 saturated carbocycles. The zero-order valence-electron chi connectivity index (χ0n) is 16.0. The lowest BCUT2D eigenvalue weighted by atomic mass is 10.1. The van der Waals surface area contributed by atoms with Crippen molar-refractivity contribution in [3.05, 3.63) is 76.0 Å². The van der Waals surface area contributed by atoms with Gasteiger partial charge in [0.1, 0.15) is 5.75 Å². The summed E-state index contributed by atoms with van der Waals surface area (Å²) in [6.45, 7) is 1.88. The van der Waals surface area contributed by atoms with E-state index in [4.69, 9.17) is 4.74 Å². The molecule has 1 aromatic heterocycles. The van der Waals surface area contributed by atoms with E-state index in [0.717, 1.165) is 42.2 Å². The number of ether oxygens (including phenoxy) is 1. The van der Waals surface area contributed by atoms with Crippen LogP contribution < -0.4 is 15.0 Å². The van der Waals surface area contributed by atoms with Gasteiger partial charge in [0.05, 0.1) is 18.5 Å². The van der Waals surface area contributed by atoms with E-state index in [9.17, 15) is 4.79 Å². The number of anilines is 2. The van der Waals surface area contributed by atoms with Gasteiger partial charge >= 0.3 is 0 Å². The minimum absolute atomic E-state index is 0.0384. The number of methoxy groups -OCH3 is 1. The summed E-state index contributed by atoms with van der Waals surface area (Å²) >= 11 is 1.84. The molecule has 2 heterocycles. The van der Waals surface area contributed by atoms with Crippen LogP contribution in [0.3, 0.4) is 0 Å². The van der Waals surface area contributed by atoms with Crippen LogP contribution in [0.5, 0.6) is 5.75 Å². The average Bonchev–Trinajstić information content (AvgIpc) is 3.21. The molecular weight excluding hydrogens is 368 g/mol. The standard InChI is InChI=1S/C23H24N2O2S/c1-27-19-9-6-17(7-10-19)8-11-23(26)24-20-4-2-3-5-21(20)25-14-12-22-18(16-25)13-15-28-22/h2-7,9-10,13,15H,8,11-12,14,16H2,1H3,(H,24,26). The Balaban J connectivity index is 1.40. The van der Waals surface area contributed by atoms with E-state index in [1.54, 1.807) is 7.11 Å². The lowest BCUT2D eigenvalue weighted by Gasteiger charge is -2.30. The van der Waals surface area contributed by atoms with Crippen molar-refractivity contribution in [2.45, 2.75) is 25.8 Å². The summed E-state index contributed by atoms with van der Waals surface area (Å²) in [6.07, 6.45) is 2.22. The van der Waals surface area contributed by atoms with Crippen LogP contribution in [0, 0.1) is 0 Å². The summed E-state index contributed by atoms with van der Waals surface area (Å²) in [7, 11) is 1.65. The van der Waals surface area contributed by atoms with Crippen LogP contribution in [0.1, 0.15) is 22.4 Å². The molecule has 1 amide bonds. The minimum atomic E-state index is 0.0384. The van der Waals surface area contributed by atoms with Crippen LogP contribution in [0.15, 0.2) is 60.0 Å². The maximum absolute atomic E-state index is 12.5. The van der Waals surface area contributed by atoms with Gasteiger partial charge in [-0.1, -0.05) is 24.3 Å². The van der Waals surface area contributed by atoms with E-state index in [1.807, 2.05) is 53.8 Å². The Bertz CT molecular complexity index is 949. The van der Waals surface area contributed by atoms with Crippen molar-refractivity contribution in [2.75, 3.05) is 23.9 Å². The summed E-state index contributed by atoms with van der Waals surface area (Å²) in [5, 5.41) is 5.28. The van der Waals surface area contributed by atoms with Crippen molar-refractivity contribution >= 4 is 28.6 Å². The van der Waals surface area contributed by atoms with Crippen molar-refractivity contribution in [3.8, 4) is 5.75 Å². The second-order valence-corrected chi connectivity index (χ2v) is 7.95. The highest BCUT2D eigenvalue weighted by Crippen LogP contribution is 2.32. The molecule has 0 bridgehead atoms. The first kappa shape index (κ1) is 18.6. The largest absolute Gasteiger partial charge is 0.497 e. The fourth-order valence-electron chi connectivity index (χ4n) is 3.57. The molecule has 1 aliphatic heterocycles. The number of rotatable bonds is 6. The molecular formula is C23H24N2O2S. The van der Waals surface area contributed by atoms with Crippen LogP contribution in [0.2, 0.25) is 0 Å².